The Balaban J connectivity index is 2.19. The summed E-state index contributed by atoms with van der Waals surface area (Å²) in [6.45, 7) is 0. The fraction of sp³-hybridized carbons (Fsp3) is 0.143. The number of aryl methyl sites for hydroxylation is 1. The zero-order valence-electron chi connectivity index (χ0n) is 11.0. The van der Waals surface area contributed by atoms with Crippen LogP contribution in [0.1, 0.15) is 15.9 Å². The molecule has 2 aromatic rings. The molecule has 21 heavy (non-hydrogen) atoms. The molecule has 0 radical (unpaired) electrons. The Morgan fingerprint density at radius 3 is 2.67 bits per heavy atom. The molecule has 1 heterocycles. The van der Waals surface area contributed by atoms with E-state index in [0.717, 1.165) is 0 Å². The van der Waals surface area contributed by atoms with Crippen molar-refractivity contribution in [2.24, 2.45) is 7.05 Å². The quantitative estimate of drug-likeness (QED) is 0.643. The first-order chi connectivity index (χ1) is 9.85. The average molecular weight is 296 g/mol. The zero-order chi connectivity index (χ0) is 15.5. The molecule has 4 nitrogen and oxygen atoms in total. The molecule has 0 fully saturated rings. The van der Waals surface area contributed by atoms with Crippen LogP contribution in [0, 0.1) is 0 Å². The van der Waals surface area contributed by atoms with E-state index in [1.165, 1.54) is 47.4 Å². The monoisotopic (exact) mass is 296 g/mol. The van der Waals surface area contributed by atoms with Gasteiger partial charge in [-0.15, -0.1) is 13.2 Å². The SMILES string of the molecule is Cn1cc(C(=O)/C=C/c2ccccc2OC(F)(F)F)cn1. The fourth-order valence-corrected chi connectivity index (χ4v) is 1.65. The molecule has 110 valence electrons. The number of halogens is 3. The Bertz CT molecular complexity index is 675. The number of carbonyl (C=O) groups excluding carboxylic acids is 1. The molecule has 0 atom stereocenters. The third-order valence-corrected chi connectivity index (χ3v) is 2.55. The van der Waals surface area contributed by atoms with Gasteiger partial charge in [0.15, 0.2) is 5.78 Å². The number of hydrogen-bond acceptors (Lipinski definition) is 3. The minimum Gasteiger partial charge on any atom is -0.405 e. The highest BCUT2D eigenvalue weighted by Gasteiger charge is 2.31. The van der Waals surface area contributed by atoms with Crippen molar-refractivity contribution in [1.29, 1.82) is 0 Å². The fourth-order valence-electron chi connectivity index (χ4n) is 1.65. The third kappa shape index (κ3) is 4.20. The molecule has 0 amide bonds. The van der Waals surface area contributed by atoms with Gasteiger partial charge in [-0.05, 0) is 18.2 Å². The van der Waals surface area contributed by atoms with E-state index >= 15 is 0 Å². The lowest BCUT2D eigenvalue weighted by Crippen LogP contribution is -2.17. The van der Waals surface area contributed by atoms with Gasteiger partial charge in [-0.3, -0.25) is 9.48 Å². The largest absolute Gasteiger partial charge is 0.573 e. The molecule has 0 N–H and O–H groups in total. The number of para-hydroxylation sites is 1. The normalized spacial score (nSPS) is 11.8. The number of nitrogens with zero attached hydrogens (tertiary/aromatic N) is 2. The summed E-state index contributed by atoms with van der Waals surface area (Å²) in [7, 11) is 1.66. The first-order valence-electron chi connectivity index (χ1n) is 5.91. The lowest BCUT2D eigenvalue weighted by atomic mass is 10.1. The highest BCUT2D eigenvalue weighted by molar-refractivity contribution is 6.06. The molecular weight excluding hydrogens is 285 g/mol. The van der Waals surface area contributed by atoms with Crippen LogP contribution in [0.4, 0.5) is 13.2 Å². The molecule has 0 aliphatic heterocycles. The van der Waals surface area contributed by atoms with Crippen molar-refractivity contribution in [3.8, 4) is 5.75 Å². The van der Waals surface area contributed by atoms with Gasteiger partial charge in [-0.25, -0.2) is 0 Å². The van der Waals surface area contributed by atoms with E-state index in [9.17, 15) is 18.0 Å². The predicted molar refractivity (Wildman–Crippen MR) is 69.7 cm³/mol. The van der Waals surface area contributed by atoms with E-state index in [2.05, 4.69) is 9.84 Å². The van der Waals surface area contributed by atoms with Crippen molar-refractivity contribution in [3.05, 3.63) is 53.9 Å². The summed E-state index contributed by atoms with van der Waals surface area (Å²) in [6, 6.07) is 5.58. The van der Waals surface area contributed by atoms with Crippen molar-refractivity contribution in [2.45, 2.75) is 6.36 Å². The van der Waals surface area contributed by atoms with Gasteiger partial charge in [0.25, 0.3) is 0 Å². The summed E-state index contributed by atoms with van der Waals surface area (Å²) >= 11 is 0. The number of ketones is 1. The van der Waals surface area contributed by atoms with Gasteiger partial charge in [0.2, 0.25) is 0 Å². The van der Waals surface area contributed by atoms with E-state index in [0.29, 0.717) is 5.56 Å². The molecule has 0 saturated heterocycles. The van der Waals surface area contributed by atoms with Crippen LogP contribution in [0.3, 0.4) is 0 Å². The Morgan fingerprint density at radius 1 is 1.33 bits per heavy atom. The van der Waals surface area contributed by atoms with Crippen LogP contribution in [0.15, 0.2) is 42.7 Å². The van der Waals surface area contributed by atoms with Crippen molar-refractivity contribution in [2.75, 3.05) is 0 Å². The highest BCUT2D eigenvalue weighted by atomic mass is 19.4. The maximum atomic E-state index is 12.3. The number of hydrogen-bond donors (Lipinski definition) is 0. The second-order valence-electron chi connectivity index (χ2n) is 4.19. The maximum absolute atomic E-state index is 12.3. The second kappa shape index (κ2) is 5.82. The van der Waals surface area contributed by atoms with Gasteiger partial charge >= 0.3 is 6.36 Å². The van der Waals surface area contributed by atoms with E-state index in [1.807, 2.05) is 0 Å². The summed E-state index contributed by atoms with van der Waals surface area (Å²) in [5, 5.41) is 3.85. The highest BCUT2D eigenvalue weighted by Crippen LogP contribution is 2.27. The molecule has 0 bridgehead atoms. The molecule has 1 aromatic carbocycles. The zero-order valence-corrected chi connectivity index (χ0v) is 11.0. The van der Waals surface area contributed by atoms with Gasteiger partial charge in [-0.2, -0.15) is 5.10 Å². The second-order valence-corrected chi connectivity index (χ2v) is 4.19. The lowest BCUT2D eigenvalue weighted by Gasteiger charge is -2.10. The van der Waals surface area contributed by atoms with Crippen molar-refractivity contribution >= 4 is 11.9 Å². The van der Waals surface area contributed by atoms with Crippen molar-refractivity contribution in [1.82, 2.24) is 9.78 Å². The number of ether oxygens (including phenoxy) is 1. The molecule has 0 unspecified atom stereocenters. The van der Waals surface area contributed by atoms with Crippen LogP contribution in [-0.2, 0) is 7.05 Å². The Labute approximate surface area is 118 Å². The smallest absolute Gasteiger partial charge is 0.405 e. The molecule has 2 rings (SSSR count). The molecule has 0 spiro atoms. The summed E-state index contributed by atoms with van der Waals surface area (Å²) in [6.07, 6.45) is 0.568. The van der Waals surface area contributed by atoms with Crippen molar-refractivity contribution in [3.63, 3.8) is 0 Å². The Kier molecular flexibility index (Phi) is 4.11. The van der Waals surface area contributed by atoms with Gasteiger partial charge in [0.1, 0.15) is 5.75 Å². The van der Waals surface area contributed by atoms with Gasteiger partial charge in [0, 0.05) is 18.8 Å². The summed E-state index contributed by atoms with van der Waals surface area (Å²) in [4.78, 5) is 11.8. The van der Waals surface area contributed by atoms with Gasteiger partial charge in [0.05, 0.1) is 11.8 Å². The van der Waals surface area contributed by atoms with Gasteiger partial charge < -0.3 is 4.74 Å². The first-order valence-corrected chi connectivity index (χ1v) is 5.91. The molecule has 0 aliphatic rings. The maximum Gasteiger partial charge on any atom is 0.573 e. The number of benzene rings is 1. The lowest BCUT2D eigenvalue weighted by molar-refractivity contribution is -0.274. The molecule has 7 heteroatoms. The van der Waals surface area contributed by atoms with Crippen LogP contribution >= 0.6 is 0 Å². The first kappa shape index (κ1) is 14.8. The summed E-state index contributed by atoms with van der Waals surface area (Å²) in [5.74, 6) is -0.717. The van der Waals surface area contributed by atoms with Crippen LogP contribution in [0.2, 0.25) is 0 Å². The summed E-state index contributed by atoms with van der Waals surface area (Å²) < 4.78 is 42.1. The number of aromatic nitrogens is 2. The Morgan fingerprint density at radius 2 is 2.05 bits per heavy atom. The number of rotatable bonds is 4. The predicted octanol–water partition coefficient (Wildman–Crippen LogP) is 3.21. The number of alkyl halides is 3. The van der Waals surface area contributed by atoms with Crippen LogP contribution < -0.4 is 4.74 Å². The van der Waals surface area contributed by atoms with Crippen LogP contribution in [0.5, 0.6) is 5.75 Å². The van der Waals surface area contributed by atoms with E-state index < -0.39 is 6.36 Å². The Hall–Kier alpha value is -2.57. The third-order valence-electron chi connectivity index (χ3n) is 2.55. The summed E-state index contributed by atoms with van der Waals surface area (Å²) in [5.41, 5.74) is 0.509. The van der Waals surface area contributed by atoms with Gasteiger partial charge in [-0.1, -0.05) is 18.2 Å². The minimum atomic E-state index is -4.78. The number of allylic oxidation sites excluding steroid dienone is 1. The van der Waals surface area contributed by atoms with Crippen LogP contribution in [0.25, 0.3) is 6.08 Å². The molecular formula is C14H11F3N2O2. The number of carbonyl (C=O) groups is 1. The van der Waals surface area contributed by atoms with Crippen LogP contribution in [-0.4, -0.2) is 21.9 Å². The standard InChI is InChI=1S/C14H11F3N2O2/c1-19-9-11(8-18-19)12(20)7-6-10-4-2-3-5-13(10)21-14(15,16)17/h2-9H,1H3/b7-6+. The molecule has 1 aromatic heterocycles. The topological polar surface area (TPSA) is 44.1 Å². The van der Waals surface area contributed by atoms with E-state index in [-0.39, 0.29) is 17.1 Å². The minimum absolute atomic E-state index is 0.159. The van der Waals surface area contributed by atoms with Crippen molar-refractivity contribution < 1.29 is 22.7 Å². The van der Waals surface area contributed by atoms with E-state index in [4.69, 9.17) is 0 Å². The molecule has 0 saturated carbocycles. The van der Waals surface area contributed by atoms with E-state index in [1.54, 1.807) is 13.1 Å². The average Bonchev–Trinajstić information content (AvgIpc) is 2.82. The molecule has 0 aliphatic carbocycles.